The number of aromatic nitrogens is 2. The van der Waals surface area contributed by atoms with Crippen LogP contribution in [0.25, 0.3) is 11.3 Å². The van der Waals surface area contributed by atoms with Crippen molar-refractivity contribution in [1.82, 2.24) is 9.55 Å². The first kappa shape index (κ1) is 21.1. The van der Waals surface area contributed by atoms with Crippen molar-refractivity contribution in [1.29, 1.82) is 0 Å². The lowest BCUT2D eigenvalue weighted by molar-refractivity contribution is 0.340. The van der Waals surface area contributed by atoms with Crippen LogP contribution in [0.3, 0.4) is 0 Å². The van der Waals surface area contributed by atoms with Gasteiger partial charge >= 0.3 is 0 Å². The smallest absolute Gasteiger partial charge is 0.203 e. The maximum absolute atomic E-state index is 10.1. The molecular formula is C23H28ClN3O2. The standard InChI is InChI=1S/C23H28ClN3O2/c1-4-16(3)15-27-21(17-6-9-20(10-7-17)29-5-2)14-26-23(27)25-13-18-12-19(24)8-11-22(18)28/h6-12,14,16,28H,4-5,13,15H2,1-3H3,(H,25,26)/t16-/m1/s1. The Morgan fingerprint density at radius 1 is 1.17 bits per heavy atom. The minimum absolute atomic E-state index is 0.216. The molecular weight excluding hydrogens is 386 g/mol. The Hall–Kier alpha value is -2.66. The van der Waals surface area contributed by atoms with Gasteiger partial charge in [0, 0.05) is 29.2 Å². The third kappa shape index (κ3) is 5.24. The fourth-order valence-corrected chi connectivity index (χ4v) is 3.33. The molecule has 3 aromatic rings. The van der Waals surface area contributed by atoms with Gasteiger partial charge in [0.15, 0.2) is 0 Å². The minimum Gasteiger partial charge on any atom is -0.508 e. The zero-order valence-corrected chi connectivity index (χ0v) is 17.9. The molecule has 0 bridgehead atoms. The van der Waals surface area contributed by atoms with Crippen LogP contribution in [0.15, 0.2) is 48.7 Å². The van der Waals surface area contributed by atoms with Gasteiger partial charge in [-0.15, -0.1) is 0 Å². The van der Waals surface area contributed by atoms with Crippen LogP contribution in [-0.2, 0) is 13.1 Å². The average Bonchev–Trinajstić information content (AvgIpc) is 3.11. The number of phenols is 1. The number of hydrogen-bond acceptors (Lipinski definition) is 4. The van der Waals surface area contributed by atoms with Gasteiger partial charge in [-0.25, -0.2) is 4.98 Å². The van der Waals surface area contributed by atoms with E-state index in [9.17, 15) is 5.11 Å². The summed E-state index contributed by atoms with van der Waals surface area (Å²) >= 11 is 6.07. The molecule has 0 aliphatic rings. The molecule has 0 saturated heterocycles. The second-order valence-corrected chi connectivity index (χ2v) is 7.61. The van der Waals surface area contributed by atoms with Gasteiger partial charge in [0.05, 0.1) is 18.5 Å². The first-order chi connectivity index (χ1) is 14.0. The van der Waals surface area contributed by atoms with Crippen molar-refractivity contribution in [3.63, 3.8) is 0 Å². The maximum atomic E-state index is 10.1. The number of anilines is 1. The van der Waals surface area contributed by atoms with Crippen molar-refractivity contribution in [2.24, 2.45) is 5.92 Å². The van der Waals surface area contributed by atoms with Gasteiger partial charge in [-0.05, 0) is 55.3 Å². The Morgan fingerprint density at radius 3 is 2.62 bits per heavy atom. The lowest BCUT2D eigenvalue weighted by atomic mass is 10.1. The van der Waals surface area contributed by atoms with Crippen molar-refractivity contribution in [3.05, 3.63) is 59.2 Å². The summed E-state index contributed by atoms with van der Waals surface area (Å²) in [7, 11) is 0. The number of imidazole rings is 1. The monoisotopic (exact) mass is 413 g/mol. The molecule has 6 heteroatoms. The van der Waals surface area contributed by atoms with Crippen LogP contribution in [0.2, 0.25) is 5.02 Å². The summed E-state index contributed by atoms with van der Waals surface area (Å²) in [5.74, 6) is 2.35. The predicted octanol–water partition coefficient (Wildman–Crippen LogP) is 5.97. The zero-order valence-electron chi connectivity index (χ0n) is 17.2. The average molecular weight is 414 g/mol. The second-order valence-electron chi connectivity index (χ2n) is 7.18. The molecule has 2 N–H and O–H groups in total. The lowest BCUT2D eigenvalue weighted by Crippen LogP contribution is -2.13. The molecule has 0 unspecified atom stereocenters. The molecule has 1 aromatic heterocycles. The number of hydrogen-bond donors (Lipinski definition) is 2. The number of rotatable bonds is 9. The van der Waals surface area contributed by atoms with Crippen LogP contribution in [-0.4, -0.2) is 21.3 Å². The Morgan fingerprint density at radius 2 is 1.93 bits per heavy atom. The van der Waals surface area contributed by atoms with Crippen LogP contribution < -0.4 is 10.1 Å². The minimum atomic E-state index is 0.216. The number of halogens is 1. The van der Waals surface area contributed by atoms with Crippen molar-refractivity contribution >= 4 is 17.5 Å². The molecule has 3 rings (SSSR count). The third-order valence-electron chi connectivity index (χ3n) is 4.99. The maximum Gasteiger partial charge on any atom is 0.203 e. The van der Waals surface area contributed by atoms with Gasteiger partial charge in [0.1, 0.15) is 11.5 Å². The summed E-state index contributed by atoms with van der Waals surface area (Å²) in [6.45, 7) is 8.33. The fourth-order valence-electron chi connectivity index (χ4n) is 3.13. The first-order valence-electron chi connectivity index (χ1n) is 10.0. The highest BCUT2D eigenvalue weighted by molar-refractivity contribution is 6.30. The van der Waals surface area contributed by atoms with Crippen LogP contribution in [0.5, 0.6) is 11.5 Å². The van der Waals surface area contributed by atoms with Gasteiger partial charge < -0.3 is 19.7 Å². The summed E-state index contributed by atoms with van der Waals surface area (Å²) in [5.41, 5.74) is 2.87. The van der Waals surface area contributed by atoms with E-state index < -0.39 is 0 Å². The summed E-state index contributed by atoms with van der Waals surface area (Å²) in [4.78, 5) is 4.61. The number of nitrogens with zero attached hydrogens (tertiary/aromatic N) is 2. The molecule has 0 spiro atoms. The van der Waals surface area contributed by atoms with Gasteiger partial charge in [-0.1, -0.05) is 31.9 Å². The van der Waals surface area contributed by atoms with E-state index >= 15 is 0 Å². The van der Waals surface area contributed by atoms with E-state index in [0.29, 0.717) is 24.1 Å². The number of phenolic OH excluding ortho intramolecular Hbond substituents is 1. The van der Waals surface area contributed by atoms with Crippen LogP contribution in [0.1, 0.15) is 32.8 Å². The molecule has 5 nitrogen and oxygen atoms in total. The van der Waals surface area contributed by atoms with Gasteiger partial charge in [0.25, 0.3) is 0 Å². The van der Waals surface area contributed by atoms with Gasteiger partial charge in [0.2, 0.25) is 5.95 Å². The van der Waals surface area contributed by atoms with Crippen LogP contribution in [0, 0.1) is 5.92 Å². The van der Waals surface area contributed by atoms with E-state index in [0.717, 1.165) is 41.5 Å². The van der Waals surface area contributed by atoms with E-state index in [2.05, 4.69) is 40.8 Å². The second kappa shape index (κ2) is 9.70. The van der Waals surface area contributed by atoms with Crippen molar-refractivity contribution < 1.29 is 9.84 Å². The van der Waals surface area contributed by atoms with Crippen molar-refractivity contribution in [2.45, 2.75) is 40.3 Å². The summed E-state index contributed by atoms with van der Waals surface area (Å²) < 4.78 is 7.75. The SMILES string of the molecule is CCOc1ccc(-c2cnc(NCc3cc(Cl)ccc3O)n2C[C@H](C)CC)cc1. The molecule has 0 saturated carbocycles. The fraction of sp³-hybridized carbons (Fsp3) is 0.348. The zero-order chi connectivity index (χ0) is 20.8. The quantitative estimate of drug-likeness (QED) is 0.454. The first-order valence-corrected chi connectivity index (χ1v) is 10.4. The number of nitrogens with one attached hydrogen (secondary N) is 1. The third-order valence-corrected chi connectivity index (χ3v) is 5.22. The Kier molecular flexibility index (Phi) is 7.04. The van der Waals surface area contributed by atoms with Crippen LogP contribution in [0.4, 0.5) is 5.95 Å². The molecule has 154 valence electrons. The van der Waals surface area contributed by atoms with Gasteiger partial charge in [-0.2, -0.15) is 0 Å². The summed E-state index contributed by atoms with van der Waals surface area (Å²) in [5, 5.41) is 14.0. The Bertz CT molecular complexity index is 938. The van der Waals surface area contributed by atoms with Gasteiger partial charge in [-0.3, -0.25) is 0 Å². The van der Waals surface area contributed by atoms with E-state index in [1.807, 2.05) is 25.3 Å². The number of benzene rings is 2. The largest absolute Gasteiger partial charge is 0.508 e. The highest BCUT2D eigenvalue weighted by Gasteiger charge is 2.15. The topological polar surface area (TPSA) is 59.3 Å². The lowest BCUT2D eigenvalue weighted by Gasteiger charge is -2.17. The predicted molar refractivity (Wildman–Crippen MR) is 119 cm³/mol. The van der Waals surface area contributed by atoms with E-state index in [-0.39, 0.29) is 5.75 Å². The highest BCUT2D eigenvalue weighted by Crippen LogP contribution is 2.28. The number of aromatic hydroxyl groups is 1. The molecule has 2 aromatic carbocycles. The Labute approximate surface area is 177 Å². The summed E-state index contributed by atoms with van der Waals surface area (Å²) in [6, 6.07) is 13.1. The molecule has 0 amide bonds. The Balaban J connectivity index is 1.87. The van der Waals surface area contributed by atoms with Crippen LogP contribution >= 0.6 is 11.6 Å². The molecule has 0 aliphatic carbocycles. The molecule has 0 aliphatic heterocycles. The summed E-state index contributed by atoms with van der Waals surface area (Å²) in [6.07, 6.45) is 2.97. The normalized spacial score (nSPS) is 12.0. The van der Waals surface area contributed by atoms with E-state index in [1.54, 1.807) is 18.2 Å². The van der Waals surface area contributed by atoms with E-state index in [1.165, 1.54) is 0 Å². The number of ether oxygens (including phenoxy) is 1. The van der Waals surface area contributed by atoms with Crippen molar-refractivity contribution in [2.75, 3.05) is 11.9 Å². The molecule has 29 heavy (non-hydrogen) atoms. The van der Waals surface area contributed by atoms with Crippen molar-refractivity contribution in [3.8, 4) is 22.8 Å². The molecule has 1 atom stereocenters. The highest BCUT2D eigenvalue weighted by atomic mass is 35.5. The molecule has 0 radical (unpaired) electrons. The molecule has 1 heterocycles. The molecule has 0 fully saturated rings. The van der Waals surface area contributed by atoms with E-state index in [4.69, 9.17) is 16.3 Å².